The Morgan fingerprint density at radius 1 is 1.40 bits per heavy atom. The van der Waals surface area contributed by atoms with Crippen molar-refractivity contribution in [1.82, 2.24) is 15.4 Å². The second-order valence-electron chi connectivity index (χ2n) is 4.22. The third-order valence-corrected chi connectivity index (χ3v) is 1.88. The average Bonchev–Trinajstić information content (AvgIpc) is 2.14. The number of carbonyl (C=O) groups excluding carboxylic acids is 1. The summed E-state index contributed by atoms with van der Waals surface area (Å²) in [5.41, 5.74) is 8.19. The van der Waals surface area contributed by atoms with Gasteiger partial charge in [-0.05, 0) is 6.07 Å². The lowest BCUT2D eigenvalue weighted by Gasteiger charge is -2.18. The first-order valence-corrected chi connectivity index (χ1v) is 4.50. The van der Waals surface area contributed by atoms with Crippen LogP contribution in [0.15, 0.2) is 6.07 Å². The lowest BCUT2D eigenvalue weighted by atomic mass is 9.91. The molecule has 0 aliphatic heterocycles. The fourth-order valence-corrected chi connectivity index (χ4v) is 1.04. The average molecular weight is 209 g/mol. The molecule has 1 heterocycles. The smallest absolute Gasteiger partial charge is 0.283 e. The van der Waals surface area contributed by atoms with E-state index in [9.17, 15) is 4.79 Å². The normalized spacial score (nSPS) is 11.2. The van der Waals surface area contributed by atoms with Gasteiger partial charge in [-0.25, -0.2) is 15.8 Å². The van der Waals surface area contributed by atoms with Gasteiger partial charge in [-0.2, -0.15) is 0 Å². The van der Waals surface area contributed by atoms with E-state index in [-0.39, 0.29) is 17.1 Å². The molecule has 0 radical (unpaired) electrons. The van der Waals surface area contributed by atoms with E-state index < -0.39 is 5.91 Å². The molecular weight excluding hydrogens is 194 g/mol. The minimum Gasteiger partial charge on any atom is -0.368 e. The molecule has 0 fully saturated rings. The molecule has 0 aromatic carbocycles. The molecule has 6 nitrogen and oxygen atoms in total. The summed E-state index contributed by atoms with van der Waals surface area (Å²) in [5.74, 6) is 4.61. The molecular formula is C9H15N5O. The highest BCUT2D eigenvalue weighted by Gasteiger charge is 2.19. The number of nitrogen functional groups attached to an aromatic ring is 2. The Hall–Kier alpha value is -1.69. The van der Waals surface area contributed by atoms with E-state index in [4.69, 9.17) is 11.6 Å². The van der Waals surface area contributed by atoms with E-state index >= 15 is 0 Å². The molecule has 0 saturated heterocycles. The van der Waals surface area contributed by atoms with Crippen LogP contribution >= 0.6 is 0 Å². The zero-order valence-electron chi connectivity index (χ0n) is 9.03. The van der Waals surface area contributed by atoms with Crippen LogP contribution in [0.4, 0.5) is 5.95 Å². The van der Waals surface area contributed by atoms with Crippen molar-refractivity contribution >= 4 is 11.9 Å². The van der Waals surface area contributed by atoms with Crippen LogP contribution in [0.1, 0.15) is 37.0 Å². The van der Waals surface area contributed by atoms with Gasteiger partial charge in [0.1, 0.15) is 5.69 Å². The number of nitrogens with two attached hydrogens (primary N) is 2. The SMILES string of the molecule is CC(C)(C)c1cc(C(=O)NN)nc(N)n1. The van der Waals surface area contributed by atoms with Gasteiger partial charge >= 0.3 is 0 Å². The van der Waals surface area contributed by atoms with Crippen molar-refractivity contribution in [2.45, 2.75) is 26.2 Å². The quantitative estimate of drug-likeness (QED) is 0.342. The second kappa shape index (κ2) is 3.82. The van der Waals surface area contributed by atoms with Gasteiger partial charge < -0.3 is 5.73 Å². The van der Waals surface area contributed by atoms with Gasteiger partial charge in [0.15, 0.2) is 0 Å². The number of rotatable bonds is 1. The number of nitrogens with one attached hydrogen (secondary N) is 1. The van der Waals surface area contributed by atoms with Gasteiger partial charge in [0.05, 0.1) is 5.69 Å². The van der Waals surface area contributed by atoms with Gasteiger partial charge in [-0.1, -0.05) is 20.8 Å². The standard InChI is InChI=1S/C9H15N5O/c1-9(2,3)6-4-5(7(15)14-11)12-8(10)13-6/h4H,11H2,1-3H3,(H,14,15)(H2,10,12,13). The van der Waals surface area contributed by atoms with Crippen molar-refractivity contribution in [1.29, 1.82) is 0 Å². The maximum atomic E-state index is 11.3. The predicted molar refractivity (Wildman–Crippen MR) is 56.8 cm³/mol. The summed E-state index contributed by atoms with van der Waals surface area (Å²) < 4.78 is 0. The van der Waals surface area contributed by atoms with Crippen LogP contribution in [-0.2, 0) is 5.41 Å². The van der Waals surface area contributed by atoms with Crippen molar-refractivity contribution in [3.05, 3.63) is 17.5 Å². The number of aromatic nitrogens is 2. The largest absolute Gasteiger partial charge is 0.368 e. The van der Waals surface area contributed by atoms with E-state index in [0.29, 0.717) is 5.69 Å². The summed E-state index contributed by atoms with van der Waals surface area (Å²) in [6.45, 7) is 5.91. The molecule has 0 unspecified atom stereocenters. The number of nitrogens with zero attached hydrogens (tertiary/aromatic N) is 2. The number of hydrogen-bond acceptors (Lipinski definition) is 5. The Morgan fingerprint density at radius 2 is 2.00 bits per heavy atom. The maximum Gasteiger partial charge on any atom is 0.283 e. The molecule has 15 heavy (non-hydrogen) atoms. The minimum atomic E-state index is -0.477. The first-order valence-electron chi connectivity index (χ1n) is 4.50. The van der Waals surface area contributed by atoms with Gasteiger partial charge in [-0.3, -0.25) is 10.2 Å². The molecule has 1 rings (SSSR count). The first kappa shape index (κ1) is 11.4. The summed E-state index contributed by atoms with van der Waals surface area (Å²) >= 11 is 0. The number of anilines is 1. The Kier molecular flexibility index (Phi) is 2.90. The molecule has 5 N–H and O–H groups in total. The molecule has 6 heteroatoms. The third-order valence-electron chi connectivity index (χ3n) is 1.88. The molecule has 0 aliphatic carbocycles. The molecule has 0 atom stereocenters. The van der Waals surface area contributed by atoms with Crippen LogP contribution in [0, 0.1) is 0 Å². The Bertz CT molecular complexity index is 383. The number of hydrazine groups is 1. The number of hydrogen-bond donors (Lipinski definition) is 3. The molecule has 1 amide bonds. The summed E-state index contributed by atoms with van der Waals surface area (Å²) in [6, 6.07) is 1.58. The topological polar surface area (TPSA) is 107 Å². The van der Waals surface area contributed by atoms with Crippen LogP contribution < -0.4 is 17.0 Å². The van der Waals surface area contributed by atoms with E-state index in [1.54, 1.807) is 6.07 Å². The first-order chi connectivity index (χ1) is 6.84. The highest BCUT2D eigenvalue weighted by Crippen LogP contribution is 2.20. The van der Waals surface area contributed by atoms with Crippen LogP contribution in [0.3, 0.4) is 0 Å². The van der Waals surface area contributed by atoms with Gasteiger partial charge in [0.25, 0.3) is 5.91 Å². The lowest BCUT2D eigenvalue weighted by Crippen LogP contribution is -2.31. The molecule has 1 aromatic rings. The van der Waals surface area contributed by atoms with Gasteiger partial charge in [0, 0.05) is 5.41 Å². The minimum absolute atomic E-state index is 0.0704. The fourth-order valence-electron chi connectivity index (χ4n) is 1.04. The van der Waals surface area contributed by atoms with Crippen LogP contribution in [0.5, 0.6) is 0 Å². The Labute approximate surface area is 88.1 Å². The molecule has 82 valence electrons. The highest BCUT2D eigenvalue weighted by molar-refractivity contribution is 5.92. The molecule has 0 saturated carbocycles. The van der Waals surface area contributed by atoms with E-state index in [2.05, 4.69) is 9.97 Å². The molecule has 0 bridgehead atoms. The van der Waals surface area contributed by atoms with E-state index in [1.807, 2.05) is 26.2 Å². The summed E-state index contributed by atoms with van der Waals surface area (Å²) in [5, 5.41) is 0. The van der Waals surface area contributed by atoms with E-state index in [1.165, 1.54) is 0 Å². The van der Waals surface area contributed by atoms with Crippen LogP contribution in [0.25, 0.3) is 0 Å². The van der Waals surface area contributed by atoms with Crippen LogP contribution in [-0.4, -0.2) is 15.9 Å². The molecule has 1 aromatic heterocycles. The summed E-state index contributed by atoms with van der Waals surface area (Å²) in [4.78, 5) is 19.1. The van der Waals surface area contributed by atoms with Crippen molar-refractivity contribution in [2.24, 2.45) is 5.84 Å². The van der Waals surface area contributed by atoms with E-state index in [0.717, 1.165) is 0 Å². The van der Waals surface area contributed by atoms with Crippen molar-refractivity contribution in [3.63, 3.8) is 0 Å². The maximum absolute atomic E-state index is 11.3. The Balaban J connectivity index is 3.23. The Morgan fingerprint density at radius 3 is 2.47 bits per heavy atom. The second-order valence-corrected chi connectivity index (χ2v) is 4.22. The van der Waals surface area contributed by atoms with Crippen molar-refractivity contribution in [3.8, 4) is 0 Å². The third kappa shape index (κ3) is 2.63. The predicted octanol–water partition coefficient (Wildman–Crippen LogP) is -0.0402. The number of amides is 1. The highest BCUT2D eigenvalue weighted by atomic mass is 16.2. The van der Waals surface area contributed by atoms with Crippen molar-refractivity contribution in [2.75, 3.05) is 5.73 Å². The van der Waals surface area contributed by atoms with Gasteiger partial charge in [-0.15, -0.1) is 0 Å². The lowest BCUT2D eigenvalue weighted by molar-refractivity contribution is 0.0948. The number of carbonyl (C=O) groups is 1. The summed E-state index contributed by atoms with van der Waals surface area (Å²) in [6.07, 6.45) is 0. The monoisotopic (exact) mass is 209 g/mol. The zero-order valence-corrected chi connectivity index (χ0v) is 9.03. The summed E-state index contributed by atoms with van der Waals surface area (Å²) in [7, 11) is 0. The molecule has 0 aliphatic rings. The zero-order chi connectivity index (χ0) is 11.6. The fraction of sp³-hybridized carbons (Fsp3) is 0.444. The molecule has 0 spiro atoms. The van der Waals surface area contributed by atoms with Crippen LogP contribution in [0.2, 0.25) is 0 Å². The van der Waals surface area contributed by atoms with Gasteiger partial charge in [0.2, 0.25) is 5.95 Å². The van der Waals surface area contributed by atoms with Crippen molar-refractivity contribution < 1.29 is 4.79 Å².